The molecule has 0 spiro atoms. The molecule has 1 N–H and O–H groups in total. The minimum atomic E-state index is -4.44. The summed E-state index contributed by atoms with van der Waals surface area (Å²) in [5.74, 6) is -0.124. The Kier molecular flexibility index (Phi) is 5.38. The molecule has 6 nitrogen and oxygen atoms in total. The molecule has 1 aromatic carbocycles. The number of hydrogen-bond acceptors (Lipinski definition) is 4. The Morgan fingerprint density at radius 1 is 1.23 bits per heavy atom. The zero-order valence-electron chi connectivity index (χ0n) is 16.6. The quantitative estimate of drug-likeness (QED) is 0.640. The van der Waals surface area contributed by atoms with E-state index in [0.29, 0.717) is 36.6 Å². The molecule has 3 aromatic rings. The Labute approximate surface area is 175 Å². The molecule has 0 fully saturated rings. The molecule has 162 valence electrons. The number of halogens is 4. The number of pyridine rings is 1. The molecule has 31 heavy (non-hydrogen) atoms. The monoisotopic (exact) mass is 433 g/mol. The van der Waals surface area contributed by atoms with Gasteiger partial charge in [-0.05, 0) is 29.8 Å². The highest BCUT2D eigenvalue weighted by Crippen LogP contribution is 2.30. The molecule has 0 radical (unpaired) electrons. The minimum Gasteiger partial charge on any atom is -0.350 e. The van der Waals surface area contributed by atoms with Crippen molar-refractivity contribution in [2.24, 2.45) is 7.05 Å². The summed E-state index contributed by atoms with van der Waals surface area (Å²) < 4.78 is 53.3. The number of carbonyl (C=O) groups excluding carboxylic acids is 1. The van der Waals surface area contributed by atoms with Gasteiger partial charge in [0.05, 0.1) is 17.8 Å². The molecule has 0 bridgehead atoms. The number of alkyl halides is 3. The minimum absolute atomic E-state index is 0.162. The van der Waals surface area contributed by atoms with Gasteiger partial charge in [-0.15, -0.1) is 0 Å². The van der Waals surface area contributed by atoms with Crippen LogP contribution in [0.3, 0.4) is 0 Å². The Balaban J connectivity index is 1.47. The van der Waals surface area contributed by atoms with Crippen LogP contribution in [0.5, 0.6) is 0 Å². The Morgan fingerprint density at radius 3 is 2.71 bits per heavy atom. The number of nitrogens with one attached hydrogen (secondary N) is 1. The van der Waals surface area contributed by atoms with Crippen LogP contribution in [0.2, 0.25) is 0 Å². The first-order valence-electron chi connectivity index (χ1n) is 9.57. The number of carbonyl (C=O) groups is 1. The van der Waals surface area contributed by atoms with E-state index in [9.17, 15) is 22.4 Å². The highest BCUT2D eigenvalue weighted by atomic mass is 19.4. The molecule has 1 aliphatic heterocycles. The van der Waals surface area contributed by atoms with Crippen LogP contribution in [0.4, 0.5) is 23.4 Å². The largest absolute Gasteiger partial charge is 0.417 e. The Hall–Kier alpha value is -3.43. The van der Waals surface area contributed by atoms with E-state index in [4.69, 9.17) is 0 Å². The molecular weight excluding hydrogens is 414 g/mol. The maximum atomic E-state index is 13.3. The summed E-state index contributed by atoms with van der Waals surface area (Å²) in [6.07, 6.45) is -3.05. The van der Waals surface area contributed by atoms with Crippen LogP contribution in [-0.2, 0) is 32.7 Å². The Morgan fingerprint density at radius 2 is 2.03 bits per heavy atom. The lowest BCUT2D eigenvalue weighted by molar-refractivity contribution is -0.137. The van der Waals surface area contributed by atoms with Crippen molar-refractivity contribution in [1.29, 1.82) is 0 Å². The molecule has 0 atom stereocenters. The lowest BCUT2D eigenvalue weighted by atomic mass is 10.1. The molecule has 0 saturated carbocycles. The fraction of sp³-hybridized carbons (Fsp3) is 0.286. The predicted octanol–water partition coefficient (Wildman–Crippen LogP) is 3.47. The van der Waals surface area contributed by atoms with Gasteiger partial charge in [-0.3, -0.25) is 4.79 Å². The fourth-order valence-electron chi connectivity index (χ4n) is 3.58. The number of nitrogens with zero attached hydrogens (tertiary/aromatic N) is 4. The SMILES string of the molecule is Cn1c(C(=O)NCc2cccc(F)c2)nc2c1CCN(c1ccc(C(F)(F)F)cn1)C2. The molecule has 0 aliphatic carbocycles. The third-order valence-corrected chi connectivity index (χ3v) is 5.20. The van der Waals surface area contributed by atoms with Gasteiger partial charge < -0.3 is 14.8 Å². The van der Waals surface area contributed by atoms with Gasteiger partial charge in [-0.1, -0.05) is 12.1 Å². The number of anilines is 1. The standard InChI is InChI=1S/C21H19F4N5O/c1-29-17-7-8-30(18-6-5-14(11-26-18)21(23,24)25)12-16(17)28-19(29)20(31)27-10-13-3-2-4-15(22)9-13/h2-6,9,11H,7-8,10,12H2,1H3,(H,27,31). The molecular formula is C21H19F4N5O. The van der Waals surface area contributed by atoms with Crippen LogP contribution in [0.25, 0.3) is 0 Å². The van der Waals surface area contributed by atoms with Crippen molar-refractivity contribution in [1.82, 2.24) is 19.9 Å². The molecule has 3 heterocycles. The molecule has 0 saturated heterocycles. The second-order valence-corrected chi connectivity index (χ2v) is 7.27. The van der Waals surface area contributed by atoms with Crippen LogP contribution < -0.4 is 10.2 Å². The number of benzene rings is 1. The van der Waals surface area contributed by atoms with Crippen molar-refractivity contribution in [3.63, 3.8) is 0 Å². The Bertz CT molecular complexity index is 1110. The van der Waals surface area contributed by atoms with E-state index in [1.807, 2.05) is 4.90 Å². The van der Waals surface area contributed by atoms with Crippen molar-refractivity contribution in [2.75, 3.05) is 11.4 Å². The van der Waals surface area contributed by atoms with Gasteiger partial charge in [0.25, 0.3) is 5.91 Å². The van der Waals surface area contributed by atoms with Gasteiger partial charge in [0.15, 0.2) is 5.82 Å². The number of hydrogen-bond donors (Lipinski definition) is 1. The van der Waals surface area contributed by atoms with E-state index < -0.39 is 11.7 Å². The zero-order chi connectivity index (χ0) is 22.2. The number of rotatable bonds is 4. The van der Waals surface area contributed by atoms with Gasteiger partial charge in [-0.25, -0.2) is 14.4 Å². The van der Waals surface area contributed by atoms with Gasteiger partial charge in [-0.2, -0.15) is 13.2 Å². The predicted molar refractivity (Wildman–Crippen MR) is 105 cm³/mol. The van der Waals surface area contributed by atoms with Crippen LogP contribution >= 0.6 is 0 Å². The summed E-state index contributed by atoms with van der Waals surface area (Å²) in [5.41, 5.74) is 1.39. The second-order valence-electron chi connectivity index (χ2n) is 7.27. The highest BCUT2D eigenvalue weighted by Gasteiger charge is 2.31. The molecule has 10 heteroatoms. The first-order valence-corrected chi connectivity index (χ1v) is 9.57. The van der Waals surface area contributed by atoms with Crippen LogP contribution in [0.1, 0.15) is 33.1 Å². The normalized spacial score (nSPS) is 13.8. The summed E-state index contributed by atoms with van der Waals surface area (Å²) >= 11 is 0. The van der Waals surface area contributed by atoms with Gasteiger partial charge in [0.1, 0.15) is 11.6 Å². The molecule has 0 unspecified atom stereocenters. The summed E-state index contributed by atoms with van der Waals surface area (Å²) in [7, 11) is 1.75. The van der Waals surface area contributed by atoms with Crippen molar-refractivity contribution in [2.45, 2.75) is 25.7 Å². The maximum Gasteiger partial charge on any atom is 0.417 e. The number of amides is 1. The van der Waals surface area contributed by atoms with E-state index in [2.05, 4.69) is 15.3 Å². The lowest BCUT2D eigenvalue weighted by Gasteiger charge is -2.27. The average molecular weight is 433 g/mol. The van der Waals surface area contributed by atoms with Crippen LogP contribution in [-0.4, -0.2) is 27.0 Å². The first-order chi connectivity index (χ1) is 14.7. The number of fused-ring (bicyclic) bond motifs is 1. The average Bonchev–Trinajstić information content (AvgIpc) is 3.07. The van der Waals surface area contributed by atoms with Crippen LogP contribution in [0, 0.1) is 5.82 Å². The number of imidazole rings is 1. The summed E-state index contributed by atoms with van der Waals surface area (Å²) in [4.78, 5) is 22.8. The van der Waals surface area contributed by atoms with Gasteiger partial charge in [0.2, 0.25) is 0 Å². The fourth-order valence-corrected chi connectivity index (χ4v) is 3.58. The van der Waals surface area contributed by atoms with Crippen molar-refractivity contribution in [3.8, 4) is 0 Å². The summed E-state index contributed by atoms with van der Waals surface area (Å²) in [6, 6.07) is 8.29. The molecule has 4 rings (SSSR count). The molecule has 2 aromatic heterocycles. The van der Waals surface area contributed by atoms with E-state index in [1.54, 1.807) is 23.7 Å². The third kappa shape index (κ3) is 4.37. The topological polar surface area (TPSA) is 63.1 Å². The van der Waals surface area contributed by atoms with E-state index in [-0.39, 0.29) is 24.1 Å². The summed E-state index contributed by atoms with van der Waals surface area (Å²) in [6.45, 7) is 1.03. The van der Waals surface area contributed by atoms with E-state index in [1.165, 1.54) is 18.2 Å². The number of aromatic nitrogens is 3. The van der Waals surface area contributed by atoms with Gasteiger partial charge in [0, 0.05) is 38.4 Å². The van der Waals surface area contributed by atoms with E-state index in [0.717, 1.165) is 18.0 Å². The lowest BCUT2D eigenvalue weighted by Crippen LogP contribution is -2.31. The second kappa shape index (κ2) is 8.01. The third-order valence-electron chi connectivity index (χ3n) is 5.20. The smallest absolute Gasteiger partial charge is 0.350 e. The first kappa shape index (κ1) is 20.8. The van der Waals surface area contributed by atoms with Crippen LogP contribution in [0.15, 0.2) is 42.6 Å². The van der Waals surface area contributed by atoms with E-state index >= 15 is 0 Å². The molecule has 1 aliphatic rings. The molecule has 1 amide bonds. The maximum absolute atomic E-state index is 13.3. The van der Waals surface area contributed by atoms with Crippen molar-refractivity contribution >= 4 is 11.7 Å². The zero-order valence-corrected chi connectivity index (χ0v) is 16.6. The summed E-state index contributed by atoms with van der Waals surface area (Å²) in [5, 5.41) is 2.73. The highest BCUT2D eigenvalue weighted by molar-refractivity contribution is 5.91. The van der Waals surface area contributed by atoms with Crippen molar-refractivity contribution in [3.05, 3.63) is 76.8 Å². The van der Waals surface area contributed by atoms with Gasteiger partial charge >= 0.3 is 6.18 Å². The van der Waals surface area contributed by atoms with Crippen molar-refractivity contribution < 1.29 is 22.4 Å².